The van der Waals surface area contributed by atoms with Crippen LogP contribution < -0.4 is 0 Å². The van der Waals surface area contributed by atoms with Crippen molar-refractivity contribution in [2.75, 3.05) is 0 Å². The topological polar surface area (TPSA) is 54.6 Å². The average Bonchev–Trinajstić information content (AvgIpc) is 2.63. The molecule has 0 aliphatic rings. The zero-order valence-electron chi connectivity index (χ0n) is 7.67. The Kier molecular flexibility index (Phi) is 2.35. The maximum absolute atomic E-state index is 11.2. The van der Waals surface area contributed by atoms with Gasteiger partial charge in [-0.05, 0) is 6.92 Å². The van der Waals surface area contributed by atoms with Crippen LogP contribution in [0.3, 0.4) is 0 Å². The Hall–Kier alpha value is -1.20. The molecule has 0 bridgehead atoms. The van der Waals surface area contributed by atoms with Crippen molar-refractivity contribution in [1.29, 1.82) is 0 Å². The standard InChI is InChI=1S/C9H10N2O2S/c1-6(12)8(13)4-7-5-11-2-3-14-9(11)10-7/h2-3,5-6,12H,4H2,1H3. The molecule has 0 aromatic carbocycles. The highest BCUT2D eigenvalue weighted by Gasteiger charge is 2.12. The summed E-state index contributed by atoms with van der Waals surface area (Å²) in [6.07, 6.45) is 3.00. The first kappa shape index (κ1) is 9.36. The molecule has 0 saturated heterocycles. The minimum absolute atomic E-state index is 0.198. The zero-order valence-corrected chi connectivity index (χ0v) is 8.49. The van der Waals surface area contributed by atoms with E-state index >= 15 is 0 Å². The number of hydrogen-bond acceptors (Lipinski definition) is 4. The first-order valence-electron chi connectivity index (χ1n) is 4.28. The first-order valence-corrected chi connectivity index (χ1v) is 5.16. The second-order valence-electron chi connectivity index (χ2n) is 3.14. The highest BCUT2D eigenvalue weighted by atomic mass is 32.1. The number of hydrogen-bond donors (Lipinski definition) is 1. The largest absolute Gasteiger partial charge is 0.386 e. The normalized spacial score (nSPS) is 13.3. The smallest absolute Gasteiger partial charge is 0.193 e. The predicted molar refractivity (Wildman–Crippen MR) is 53.5 cm³/mol. The van der Waals surface area contributed by atoms with Crippen LogP contribution in [0.15, 0.2) is 17.8 Å². The maximum Gasteiger partial charge on any atom is 0.193 e. The Morgan fingerprint density at radius 2 is 2.57 bits per heavy atom. The summed E-state index contributed by atoms with van der Waals surface area (Å²) >= 11 is 1.52. The average molecular weight is 210 g/mol. The van der Waals surface area contributed by atoms with Gasteiger partial charge in [-0.3, -0.25) is 9.20 Å². The van der Waals surface area contributed by atoms with Gasteiger partial charge in [0.25, 0.3) is 0 Å². The fourth-order valence-corrected chi connectivity index (χ4v) is 1.91. The molecular weight excluding hydrogens is 200 g/mol. The Morgan fingerprint density at radius 1 is 1.79 bits per heavy atom. The van der Waals surface area contributed by atoms with E-state index in [1.807, 2.05) is 22.2 Å². The van der Waals surface area contributed by atoms with Crippen molar-refractivity contribution < 1.29 is 9.90 Å². The number of ketones is 1. The van der Waals surface area contributed by atoms with Crippen molar-refractivity contribution in [3.8, 4) is 0 Å². The quantitative estimate of drug-likeness (QED) is 0.818. The molecule has 74 valence electrons. The van der Waals surface area contributed by atoms with Crippen molar-refractivity contribution in [3.63, 3.8) is 0 Å². The number of carbonyl (C=O) groups is 1. The highest BCUT2D eigenvalue weighted by Crippen LogP contribution is 2.12. The van der Waals surface area contributed by atoms with E-state index in [9.17, 15) is 4.79 Å². The zero-order chi connectivity index (χ0) is 10.1. The Balaban J connectivity index is 2.19. The third-order valence-electron chi connectivity index (χ3n) is 1.96. The molecule has 1 atom stereocenters. The van der Waals surface area contributed by atoms with Gasteiger partial charge >= 0.3 is 0 Å². The van der Waals surface area contributed by atoms with Crippen molar-refractivity contribution in [2.45, 2.75) is 19.4 Å². The lowest BCUT2D eigenvalue weighted by Crippen LogP contribution is -2.18. The minimum atomic E-state index is -0.908. The Bertz CT molecular complexity index is 430. The van der Waals surface area contributed by atoms with Crippen molar-refractivity contribution in [1.82, 2.24) is 9.38 Å². The number of aliphatic hydroxyl groups excluding tert-OH is 1. The third kappa shape index (κ3) is 1.69. The van der Waals surface area contributed by atoms with Crippen molar-refractivity contribution >= 4 is 22.1 Å². The number of thiazole rings is 1. The van der Waals surface area contributed by atoms with Crippen LogP contribution in [0.5, 0.6) is 0 Å². The molecule has 1 N–H and O–H groups in total. The number of fused-ring (bicyclic) bond motifs is 1. The number of carbonyl (C=O) groups excluding carboxylic acids is 1. The van der Waals surface area contributed by atoms with Gasteiger partial charge in [0.2, 0.25) is 0 Å². The summed E-state index contributed by atoms with van der Waals surface area (Å²) < 4.78 is 1.87. The van der Waals surface area contributed by atoms with Crippen LogP contribution in [0.25, 0.3) is 4.96 Å². The van der Waals surface area contributed by atoms with Crippen LogP contribution in [-0.4, -0.2) is 26.4 Å². The van der Waals surface area contributed by atoms with Gasteiger partial charge in [0.1, 0.15) is 6.10 Å². The van der Waals surface area contributed by atoms with Gasteiger partial charge in [0, 0.05) is 17.8 Å². The summed E-state index contributed by atoms with van der Waals surface area (Å²) in [5.41, 5.74) is 0.711. The Morgan fingerprint density at radius 3 is 3.21 bits per heavy atom. The van der Waals surface area contributed by atoms with Crippen molar-refractivity contribution in [3.05, 3.63) is 23.5 Å². The van der Waals surface area contributed by atoms with E-state index in [1.165, 1.54) is 18.3 Å². The molecule has 1 unspecified atom stereocenters. The molecule has 2 aromatic rings. The van der Waals surface area contributed by atoms with Gasteiger partial charge < -0.3 is 5.11 Å². The molecule has 0 aliphatic heterocycles. The van der Waals surface area contributed by atoms with Gasteiger partial charge in [-0.1, -0.05) is 0 Å². The molecule has 0 saturated carbocycles. The molecule has 0 radical (unpaired) electrons. The second-order valence-corrected chi connectivity index (χ2v) is 4.02. The molecule has 14 heavy (non-hydrogen) atoms. The molecule has 0 aliphatic carbocycles. The predicted octanol–water partition coefficient (Wildman–Crippen LogP) is 0.888. The van der Waals surface area contributed by atoms with Crippen LogP contribution >= 0.6 is 11.3 Å². The number of aliphatic hydroxyl groups is 1. The summed E-state index contributed by atoms with van der Waals surface area (Å²) in [6, 6.07) is 0. The van der Waals surface area contributed by atoms with E-state index in [0.29, 0.717) is 5.69 Å². The molecular formula is C9H10N2O2S. The number of imidazole rings is 1. The van der Waals surface area contributed by atoms with Crippen LogP contribution in [0.2, 0.25) is 0 Å². The monoisotopic (exact) mass is 210 g/mol. The fraction of sp³-hybridized carbons (Fsp3) is 0.333. The molecule has 0 fully saturated rings. The first-order chi connectivity index (χ1) is 6.66. The molecule has 5 heteroatoms. The molecule has 2 rings (SSSR count). The van der Waals surface area contributed by atoms with E-state index in [-0.39, 0.29) is 12.2 Å². The maximum atomic E-state index is 11.2. The fourth-order valence-electron chi connectivity index (χ4n) is 1.19. The van der Waals surface area contributed by atoms with Gasteiger partial charge in [-0.25, -0.2) is 4.98 Å². The van der Waals surface area contributed by atoms with Crippen LogP contribution in [0.1, 0.15) is 12.6 Å². The summed E-state index contributed by atoms with van der Waals surface area (Å²) in [5.74, 6) is -0.198. The van der Waals surface area contributed by atoms with Crippen LogP contribution in [-0.2, 0) is 11.2 Å². The summed E-state index contributed by atoms with van der Waals surface area (Å²) in [6.45, 7) is 1.47. The number of nitrogens with zero attached hydrogens (tertiary/aromatic N) is 2. The van der Waals surface area contributed by atoms with Crippen LogP contribution in [0.4, 0.5) is 0 Å². The summed E-state index contributed by atoms with van der Waals surface area (Å²) in [4.78, 5) is 16.3. The van der Waals surface area contributed by atoms with Gasteiger partial charge in [-0.15, -0.1) is 11.3 Å². The van der Waals surface area contributed by atoms with E-state index in [1.54, 1.807) is 0 Å². The van der Waals surface area contributed by atoms with Gasteiger partial charge in [0.05, 0.1) is 12.1 Å². The minimum Gasteiger partial charge on any atom is -0.386 e. The lowest BCUT2D eigenvalue weighted by Gasteiger charge is -1.99. The van der Waals surface area contributed by atoms with E-state index in [4.69, 9.17) is 5.11 Å². The molecule has 2 aromatic heterocycles. The number of rotatable bonds is 3. The van der Waals surface area contributed by atoms with Crippen LogP contribution in [0, 0.1) is 0 Å². The lowest BCUT2D eigenvalue weighted by atomic mass is 10.1. The van der Waals surface area contributed by atoms with E-state index < -0.39 is 6.10 Å². The summed E-state index contributed by atoms with van der Waals surface area (Å²) in [5, 5.41) is 11.0. The number of Topliss-reactive ketones (excluding diaryl/α,β-unsaturated/α-hetero) is 1. The highest BCUT2D eigenvalue weighted by molar-refractivity contribution is 7.15. The van der Waals surface area contributed by atoms with E-state index in [0.717, 1.165) is 4.96 Å². The molecule has 0 amide bonds. The van der Waals surface area contributed by atoms with Gasteiger partial charge in [-0.2, -0.15) is 0 Å². The number of aromatic nitrogens is 2. The summed E-state index contributed by atoms with van der Waals surface area (Å²) in [7, 11) is 0. The lowest BCUT2D eigenvalue weighted by molar-refractivity contribution is -0.125. The van der Waals surface area contributed by atoms with Crippen molar-refractivity contribution in [2.24, 2.45) is 0 Å². The van der Waals surface area contributed by atoms with Gasteiger partial charge in [0.15, 0.2) is 10.7 Å². The second kappa shape index (κ2) is 3.51. The van der Waals surface area contributed by atoms with E-state index in [2.05, 4.69) is 4.98 Å². The Labute approximate surface area is 84.8 Å². The molecule has 0 spiro atoms. The third-order valence-corrected chi connectivity index (χ3v) is 2.74. The SMILES string of the molecule is CC(O)C(=O)Cc1cn2ccsc2n1. The molecule has 4 nitrogen and oxygen atoms in total. The molecule has 2 heterocycles.